The predicted octanol–water partition coefficient (Wildman–Crippen LogP) is 1.04. The largest absolute Gasteiger partial charge is 0.402 e. The zero-order valence-electron chi connectivity index (χ0n) is 20.7. The molecular formula is C24H32F3N7O3. The Hall–Kier alpha value is -2.95. The van der Waals surface area contributed by atoms with E-state index in [1.165, 1.54) is 6.20 Å². The molecule has 0 aromatic carbocycles. The number of aromatic nitrogens is 1. The molecule has 3 fully saturated rings. The van der Waals surface area contributed by atoms with Crippen molar-refractivity contribution in [2.45, 2.75) is 50.5 Å². The van der Waals surface area contributed by atoms with Gasteiger partial charge in [-0.05, 0) is 38.4 Å². The molecule has 3 aliphatic heterocycles. The first-order valence-electron chi connectivity index (χ1n) is 12.5. The van der Waals surface area contributed by atoms with Gasteiger partial charge in [-0.2, -0.15) is 18.4 Å². The number of carbonyl (C=O) groups is 2. The molecule has 10 nitrogen and oxygen atoms in total. The third kappa shape index (κ3) is 6.31. The van der Waals surface area contributed by atoms with Gasteiger partial charge >= 0.3 is 6.18 Å². The Morgan fingerprint density at radius 2 is 2.11 bits per heavy atom. The van der Waals surface area contributed by atoms with Crippen LogP contribution in [0.25, 0.3) is 0 Å². The fraction of sp³-hybridized carbons (Fsp3) is 0.667. The molecule has 0 saturated carbocycles. The number of ether oxygens (including phenoxy) is 1. The van der Waals surface area contributed by atoms with Crippen molar-refractivity contribution in [3.63, 3.8) is 0 Å². The lowest BCUT2D eigenvalue weighted by molar-refractivity contribution is -0.201. The fourth-order valence-corrected chi connectivity index (χ4v) is 5.46. The number of hydrogen-bond donors (Lipinski definition) is 2. The van der Waals surface area contributed by atoms with Crippen molar-refractivity contribution in [1.29, 1.82) is 5.26 Å². The third-order valence-corrected chi connectivity index (χ3v) is 7.31. The van der Waals surface area contributed by atoms with Gasteiger partial charge in [-0.1, -0.05) is 0 Å². The Morgan fingerprint density at radius 1 is 1.30 bits per heavy atom. The number of amides is 2. The summed E-state index contributed by atoms with van der Waals surface area (Å²) >= 11 is 0. The molecular weight excluding hydrogens is 491 g/mol. The number of hydrogen-bond acceptors (Lipinski definition) is 8. The van der Waals surface area contributed by atoms with Crippen molar-refractivity contribution in [2.24, 2.45) is 5.92 Å². The highest BCUT2D eigenvalue weighted by molar-refractivity contribution is 5.80. The van der Waals surface area contributed by atoms with E-state index in [2.05, 4.69) is 20.7 Å². The number of pyridine rings is 1. The maximum atomic E-state index is 13.6. The number of alkyl halides is 3. The van der Waals surface area contributed by atoms with Crippen LogP contribution in [-0.4, -0.2) is 96.8 Å². The number of carbonyl (C=O) groups excluding carboxylic acids is 2. The van der Waals surface area contributed by atoms with Crippen molar-refractivity contribution in [1.82, 2.24) is 25.6 Å². The van der Waals surface area contributed by atoms with Gasteiger partial charge in [0.25, 0.3) is 0 Å². The van der Waals surface area contributed by atoms with Crippen molar-refractivity contribution in [3.8, 4) is 6.07 Å². The molecule has 37 heavy (non-hydrogen) atoms. The molecule has 13 heteroatoms. The van der Waals surface area contributed by atoms with Gasteiger partial charge in [-0.25, -0.2) is 10.4 Å². The normalized spacial score (nSPS) is 27.2. The number of halogens is 3. The molecule has 4 heterocycles. The highest BCUT2D eigenvalue weighted by Gasteiger charge is 2.54. The summed E-state index contributed by atoms with van der Waals surface area (Å²) in [5.41, 5.74) is 5.16. The molecule has 0 bridgehead atoms. The Bertz CT molecular complexity index is 1000. The molecule has 3 saturated heterocycles. The summed E-state index contributed by atoms with van der Waals surface area (Å²) in [5, 5.41) is 8.93. The fourth-order valence-electron chi connectivity index (χ4n) is 5.46. The number of nitriles is 1. The van der Waals surface area contributed by atoms with Crippen LogP contribution in [0.1, 0.15) is 31.7 Å². The van der Waals surface area contributed by atoms with Gasteiger partial charge in [0.15, 0.2) is 5.92 Å². The van der Waals surface area contributed by atoms with E-state index in [9.17, 15) is 22.8 Å². The van der Waals surface area contributed by atoms with E-state index in [1.54, 1.807) is 17.0 Å². The summed E-state index contributed by atoms with van der Waals surface area (Å²) < 4.78 is 46.5. The van der Waals surface area contributed by atoms with Crippen LogP contribution in [0.15, 0.2) is 18.3 Å². The first-order chi connectivity index (χ1) is 17.7. The molecule has 1 aromatic heterocycles. The average molecular weight is 524 g/mol. The van der Waals surface area contributed by atoms with Gasteiger partial charge in [0.1, 0.15) is 11.9 Å². The lowest BCUT2D eigenvalue weighted by atomic mass is 9.94. The first kappa shape index (κ1) is 27.1. The lowest BCUT2D eigenvalue weighted by Crippen LogP contribution is -2.65. The second-order valence-corrected chi connectivity index (χ2v) is 9.71. The predicted molar refractivity (Wildman–Crippen MR) is 127 cm³/mol. The zero-order valence-corrected chi connectivity index (χ0v) is 20.7. The Balaban J connectivity index is 1.23. The summed E-state index contributed by atoms with van der Waals surface area (Å²) in [5.74, 6) is -2.42. The van der Waals surface area contributed by atoms with Crippen molar-refractivity contribution >= 4 is 17.6 Å². The minimum absolute atomic E-state index is 0.00670. The standard InChI is InChI=1S/C24H32F3N7O3/c1-16-14-32(20-5-4-17(11-28)12-29-20)8-9-33(16)21(35)6-10-37-15-18-3-2-7-34(18)19-13-30-31-23(36)22(19)24(25,26)27/h4-5,12,16,18-19,22,30H,2-3,6-10,13-15H2,1H3,(H,31,36)/t16-,18+,19?,22?/m1/s1. The minimum Gasteiger partial charge on any atom is -0.379 e. The van der Waals surface area contributed by atoms with E-state index in [0.29, 0.717) is 38.2 Å². The van der Waals surface area contributed by atoms with Gasteiger partial charge in [0.2, 0.25) is 11.8 Å². The van der Waals surface area contributed by atoms with Gasteiger partial charge in [-0.3, -0.25) is 19.9 Å². The van der Waals surface area contributed by atoms with Crippen LogP contribution in [0.4, 0.5) is 19.0 Å². The number of rotatable bonds is 7. The van der Waals surface area contributed by atoms with E-state index in [-0.39, 0.29) is 44.2 Å². The molecule has 2 amide bonds. The van der Waals surface area contributed by atoms with Gasteiger partial charge < -0.3 is 14.5 Å². The summed E-state index contributed by atoms with van der Waals surface area (Å²) in [7, 11) is 0. The average Bonchev–Trinajstić information content (AvgIpc) is 3.34. The third-order valence-electron chi connectivity index (χ3n) is 7.31. The van der Waals surface area contributed by atoms with E-state index in [1.807, 2.05) is 17.9 Å². The molecule has 1 aromatic rings. The molecule has 4 rings (SSSR count). The Kier molecular flexibility index (Phi) is 8.51. The van der Waals surface area contributed by atoms with E-state index >= 15 is 0 Å². The number of nitrogens with one attached hydrogen (secondary N) is 2. The molecule has 0 radical (unpaired) electrons. The van der Waals surface area contributed by atoms with Crippen molar-refractivity contribution in [2.75, 3.05) is 50.8 Å². The number of likely N-dealkylation sites (tertiary alicyclic amines) is 1. The number of nitrogens with zero attached hydrogens (tertiary/aromatic N) is 5. The van der Waals surface area contributed by atoms with Crippen LogP contribution in [0.5, 0.6) is 0 Å². The second kappa shape index (κ2) is 11.6. The van der Waals surface area contributed by atoms with Crippen LogP contribution in [-0.2, 0) is 14.3 Å². The van der Waals surface area contributed by atoms with Crippen LogP contribution in [0.3, 0.4) is 0 Å². The number of piperazine rings is 1. The molecule has 2 N–H and O–H groups in total. The SMILES string of the molecule is C[C@@H]1CN(c2ccc(C#N)cn2)CCN1C(=O)CCOC[C@@H]1CCCN1C1CNNC(=O)C1C(F)(F)F. The molecule has 2 unspecified atom stereocenters. The van der Waals surface area contributed by atoms with E-state index in [4.69, 9.17) is 10.00 Å². The van der Waals surface area contributed by atoms with Crippen LogP contribution in [0.2, 0.25) is 0 Å². The second-order valence-electron chi connectivity index (χ2n) is 9.71. The first-order valence-corrected chi connectivity index (χ1v) is 12.5. The van der Waals surface area contributed by atoms with E-state index in [0.717, 1.165) is 12.2 Å². The van der Waals surface area contributed by atoms with Crippen LogP contribution < -0.4 is 15.8 Å². The van der Waals surface area contributed by atoms with Crippen LogP contribution in [0, 0.1) is 17.2 Å². The molecule has 4 atom stereocenters. The number of hydrazine groups is 1. The maximum Gasteiger partial charge on any atom is 0.402 e. The summed E-state index contributed by atoms with van der Waals surface area (Å²) in [6.07, 6.45) is -1.51. The smallest absolute Gasteiger partial charge is 0.379 e. The van der Waals surface area contributed by atoms with Crippen LogP contribution >= 0.6 is 0 Å². The molecule has 202 valence electrons. The quantitative estimate of drug-likeness (QED) is 0.510. The van der Waals surface area contributed by atoms with Crippen molar-refractivity contribution in [3.05, 3.63) is 23.9 Å². The van der Waals surface area contributed by atoms with Gasteiger partial charge in [0.05, 0.1) is 25.2 Å². The summed E-state index contributed by atoms with van der Waals surface area (Å²) in [6.45, 7) is 4.61. The molecule has 3 aliphatic rings. The van der Waals surface area contributed by atoms with Gasteiger partial charge in [-0.15, -0.1) is 0 Å². The minimum atomic E-state index is -4.63. The highest BCUT2D eigenvalue weighted by Crippen LogP contribution is 2.35. The lowest BCUT2D eigenvalue weighted by Gasteiger charge is -2.41. The summed E-state index contributed by atoms with van der Waals surface area (Å²) in [4.78, 5) is 34.7. The molecule has 0 aliphatic carbocycles. The Morgan fingerprint density at radius 3 is 2.78 bits per heavy atom. The maximum absolute atomic E-state index is 13.6. The zero-order chi connectivity index (χ0) is 26.6. The highest BCUT2D eigenvalue weighted by atomic mass is 19.4. The van der Waals surface area contributed by atoms with Gasteiger partial charge in [0, 0.05) is 50.5 Å². The summed E-state index contributed by atoms with van der Waals surface area (Å²) in [6, 6.07) is 4.30. The Labute approximate surface area is 213 Å². The number of anilines is 1. The van der Waals surface area contributed by atoms with Crippen molar-refractivity contribution < 1.29 is 27.5 Å². The topological polar surface area (TPSA) is 114 Å². The monoisotopic (exact) mass is 523 g/mol. The molecule has 0 spiro atoms. The van der Waals surface area contributed by atoms with E-state index < -0.39 is 24.0 Å².